The number of hydrogen-bond acceptors (Lipinski definition) is 4. The van der Waals surface area contributed by atoms with Gasteiger partial charge in [-0.15, -0.1) is 24.0 Å². The van der Waals surface area contributed by atoms with E-state index in [0.29, 0.717) is 5.92 Å². The number of aliphatic imine (C=N–C) groups is 1. The minimum Gasteiger partial charge on any atom is -0.381 e. The van der Waals surface area contributed by atoms with E-state index in [-0.39, 0.29) is 30.0 Å². The quantitative estimate of drug-likeness (QED) is 0.343. The van der Waals surface area contributed by atoms with Crippen molar-refractivity contribution < 1.29 is 9.47 Å². The van der Waals surface area contributed by atoms with Gasteiger partial charge in [0.2, 0.25) is 0 Å². The summed E-state index contributed by atoms with van der Waals surface area (Å²) in [5, 5.41) is 3.47. The van der Waals surface area contributed by atoms with Crippen molar-refractivity contribution in [3.05, 3.63) is 35.4 Å². The normalized spacial score (nSPS) is 21.5. The average molecular weight is 516 g/mol. The third-order valence-corrected chi connectivity index (χ3v) is 5.62. The van der Waals surface area contributed by atoms with Crippen molar-refractivity contribution in [2.75, 3.05) is 66.2 Å². The first-order chi connectivity index (χ1) is 13.7. The second kappa shape index (κ2) is 12.7. The average Bonchev–Trinajstić information content (AvgIpc) is 3.22. The molecule has 0 aromatic heterocycles. The van der Waals surface area contributed by atoms with E-state index in [1.54, 1.807) is 0 Å². The van der Waals surface area contributed by atoms with Gasteiger partial charge in [-0.2, -0.15) is 0 Å². The van der Waals surface area contributed by atoms with Gasteiger partial charge in [0.05, 0.1) is 32.4 Å². The minimum absolute atomic E-state index is 0. The largest absolute Gasteiger partial charge is 0.381 e. The highest BCUT2D eigenvalue weighted by Crippen LogP contribution is 2.23. The Labute approximate surface area is 193 Å². The first kappa shape index (κ1) is 24.4. The van der Waals surface area contributed by atoms with Crippen molar-refractivity contribution in [3.8, 4) is 0 Å². The molecule has 1 aromatic rings. The maximum atomic E-state index is 5.57. The Kier molecular flexibility index (Phi) is 10.7. The van der Waals surface area contributed by atoms with Crippen LogP contribution in [0, 0.1) is 12.8 Å². The van der Waals surface area contributed by atoms with Crippen LogP contribution in [0.5, 0.6) is 0 Å². The maximum Gasteiger partial charge on any atom is 0.193 e. The topological polar surface area (TPSA) is 49.3 Å². The lowest BCUT2D eigenvalue weighted by atomic mass is 10.0. The summed E-state index contributed by atoms with van der Waals surface area (Å²) < 4.78 is 11.1. The Morgan fingerprint density at radius 3 is 2.55 bits per heavy atom. The Morgan fingerprint density at radius 2 is 1.93 bits per heavy atom. The molecule has 7 heteroatoms. The van der Waals surface area contributed by atoms with E-state index in [0.717, 1.165) is 71.5 Å². The van der Waals surface area contributed by atoms with Crippen LogP contribution in [0.2, 0.25) is 0 Å². The standard InChI is InChI=1S/C22H36N4O2.HI/c1-4-23-22(25(3)16-19-9-12-28-17-19)24-15-21(26-10-13-27-14-11-26)20-7-5-18(2)6-8-20;/h5-8,19,21H,4,9-17H2,1-3H3,(H,23,24);1H. The molecule has 1 N–H and O–H groups in total. The van der Waals surface area contributed by atoms with Crippen molar-refractivity contribution in [1.29, 1.82) is 0 Å². The molecule has 2 fully saturated rings. The molecule has 0 aliphatic carbocycles. The number of hydrogen-bond donors (Lipinski definition) is 1. The molecule has 0 amide bonds. The van der Waals surface area contributed by atoms with Crippen LogP contribution in [0.3, 0.4) is 0 Å². The van der Waals surface area contributed by atoms with Gasteiger partial charge >= 0.3 is 0 Å². The van der Waals surface area contributed by atoms with Gasteiger partial charge in [-0.1, -0.05) is 29.8 Å². The molecule has 2 unspecified atom stereocenters. The summed E-state index contributed by atoms with van der Waals surface area (Å²) in [6, 6.07) is 9.17. The predicted molar refractivity (Wildman–Crippen MR) is 129 cm³/mol. The fourth-order valence-corrected chi connectivity index (χ4v) is 3.95. The zero-order chi connectivity index (χ0) is 19.8. The molecule has 6 nitrogen and oxygen atoms in total. The van der Waals surface area contributed by atoms with Gasteiger partial charge < -0.3 is 19.7 Å². The number of nitrogens with one attached hydrogen (secondary N) is 1. The number of nitrogens with zero attached hydrogens (tertiary/aromatic N) is 3. The van der Waals surface area contributed by atoms with Gasteiger partial charge in [-0.05, 0) is 25.8 Å². The van der Waals surface area contributed by atoms with Crippen molar-refractivity contribution in [2.45, 2.75) is 26.3 Å². The Hall–Kier alpha value is -0.900. The lowest BCUT2D eigenvalue weighted by molar-refractivity contribution is 0.0179. The van der Waals surface area contributed by atoms with Crippen LogP contribution in [-0.2, 0) is 9.47 Å². The Bertz CT molecular complexity index is 614. The smallest absolute Gasteiger partial charge is 0.193 e. The van der Waals surface area contributed by atoms with Crippen molar-refractivity contribution >= 4 is 29.9 Å². The molecule has 0 radical (unpaired) electrons. The first-order valence-electron chi connectivity index (χ1n) is 10.6. The van der Waals surface area contributed by atoms with Crippen LogP contribution in [0.25, 0.3) is 0 Å². The first-order valence-corrected chi connectivity index (χ1v) is 10.6. The molecule has 2 aliphatic rings. The second-order valence-electron chi connectivity index (χ2n) is 7.88. The van der Waals surface area contributed by atoms with Crippen LogP contribution in [0.15, 0.2) is 29.3 Å². The predicted octanol–water partition coefficient (Wildman–Crippen LogP) is 2.92. The summed E-state index contributed by atoms with van der Waals surface area (Å²) >= 11 is 0. The van der Waals surface area contributed by atoms with Crippen molar-refractivity contribution in [1.82, 2.24) is 15.1 Å². The SMILES string of the molecule is CCNC(=NCC(c1ccc(C)cc1)N1CCOCC1)N(C)CC1CCOC1.I. The number of rotatable bonds is 7. The molecule has 0 spiro atoms. The molecule has 2 heterocycles. The fourth-order valence-electron chi connectivity index (χ4n) is 3.95. The molecule has 3 rings (SSSR count). The summed E-state index contributed by atoms with van der Waals surface area (Å²) in [5.41, 5.74) is 2.62. The molecule has 29 heavy (non-hydrogen) atoms. The zero-order valence-electron chi connectivity index (χ0n) is 18.1. The van der Waals surface area contributed by atoms with Crippen molar-refractivity contribution in [2.24, 2.45) is 10.9 Å². The van der Waals surface area contributed by atoms with Gasteiger partial charge in [-0.3, -0.25) is 9.89 Å². The van der Waals surface area contributed by atoms with Crippen LogP contribution < -0.4 is 5.32 Å². The highest BCUT2D eigenvalue weighted by atomic mass is 127. The minimum atomic E-state index is 0. The van der Waals surface area contributed by atoms with Crippen LogP contribution in [-0.4, -0.2) is 82.0 Å². The molecule has 2 atom stereocenters. The number of morpholine rings is 1. The van der Waals surface area contributed by atoms with Gasteiger partial charge in [0.25, 0.3) is 0 Å². The van der Waals surface area contributed by atoms with Gasteiger partial charge in [0.1, 0.15) is 0 Å². The molecular weight excluding hydrogens is 479 g/mol. The van der Waals surface area contributed by atoms with Crippen LogP contribution in [0.1, 0.15) is 30.5 Å². The molecule has 0 saturated carbocycles. The van der Waals surface area contributed by atoms with E-state index in [4.69, 9.17) is 14.5 Å². The summed E-state index contributed by atoms with van der Waals surface area (Å²) in [6.45, 7) is 12.1. The van der Waals surface area contributed by atoms with E-state index in [1.165, 1.54) is 11.1 Å². The van der Waals surface area contributed by atoms with E-state index < -0.39 is 0 Å². The van der Waals surface area contributed by atoms with Crippen LogP contribution in [0.4, 0.5) is 0 Å². The van der Waals surface area contributed by atoms with E-state index in [2.05, 4.69) is 60.3 Å². The Morgan fingerprint density at radius 1 is 1.21 bits per heavy atom. The lowest BCUT2D eigenvalue weighted by Crippen LogP contribution is -2.43. The number of ether oxygens (including phenoxy) is 2. The van der Waals surface area contributed by atoms with E-state index in [9.17, 15) is 0 Å². The molecule has 1 aromatic carbocycles. The molecule has 164 valence electrons. The summed E-state index contributed by atoms with van der Waals surface area (Å²) in [6.07, 6.45) is 1.14. The van der Waals surface area contributed by atoms with Crippen molar-refractivity contribution in [3.63, 3.8) is 0 Å². The van der Waals surface area contributed by atoms with E-state index >= 15 is 0 Å². The van der Waals surface area contributed by atoms with Gasteiger partial charge in [0, 0.05) is 45.8 Å². The fraction of sp³-hybridized carbons (Fsp3) is 0.682. The maximum absolute atomic E-state index is 5.57. The third-order valence-electron chi connectivity index (χ3n) is 5.62. The number of benzene rings is 1. The number of halogens is 1. The zero-order valence-corrected chi connectivity index (χ0v) is 20.4. The summed E-state index contributed by atoms with van der Waals surface area (Å²) in [7, 11) is 2.13. The van der Waals surface area contributed by atoms with Gasteiger partial charge in [0.15, 0.2) is 5.96 Å². The van der Waals surface area contributed by atoms with E-state index in [1.807, 2.05) is 0 Å². The van der Waals surface area contributed by atoms with Crippen LogP contribution >= 0.6 is 24.0 Å². The molecule has 0 bridgehead atoms. The lowest BCUT2D eigenvalue weighted by Gasteiger charge is -2.34. The molecular formula is C22H37IN4O2. The van der Waals surface area contributed by atoms with Gasteiger partial charge in [-0.25, -0.2) is 0 Å². The summed E-state index contributed by atoms with van der Waals surface area (Å²) in [5.74, 6) is 1.58. The second-order valence-corrected chi connectivity index (χ2v) is 7.88. The monoisotopic (exact) mass is 516 g/mol. The Balaban J connectivity index is 0.00000300. The third kappa shape index (κ3) is 7.38. The number of guanidine groups is 1. The highest BCUT2D eigenvalue weighted by molar-refractivity contribution is 14.0. The highest BCUT2D eigenvalue weighted by Gasteiger charge is 2.24. The molecule has 2 saturated heterocycles. The summed E-state index contributed by atoms with van der Waals surface area (Å²) in [4.78, 5) is 9.80. The molecule has 2 aliphatic heterocycles. The number of aryl methyl sites for hydroxylation is 1.